The molecule has 1 heterocycles. The van der Waals surface area contributed by atoms with E-state index in [1.807, 2.05) is 4.90 Å². The van der Waals surface area contributed by atoms with Crippen molar-refractivity contribution in [2.24, 2.45) is 5.73 Å². The van der Waals surface area contributed by atoms with Crippen LogP contribution in [0.3, 0.4) is 0 Å². The van der Waals surface area contributed by atoms with Gasteiger partial charge < -0.3 is 20.5 Å². The lowest BCUT2D eigenvalue weighted by molar-refractivity contribution is 0.202. The first-order valence-corrected chi connectivity index (χ1v) is 5.35. The van der Waals surface area contributed by atoms with Gasteiger partial charge in [0.15, 0.2) is 0 Å². The molecule has 0 fully saturated rings. The highest BCUT2D eigenvalue weighted by atomic mass is 16.5. The molecule has 6 heteroatoms. The number of nitrogen functional groups attached to an aromatic ring is 1. The van der Waals surface area contributed by atoms with Crippen LogP contribution in [0.1, 0.15) is 5.56 Å². The zero-order valence-corrected chi connectivity index (χ0v) is 9.89. The van der Waals surface area contributed by atoms with Gasteiger partial charge in [0.2, 0.25) is 0 Å². The zero-order valence-electron chi connectivity index (χ0n) is 9.89. The Morgan fingerprint density at radius 1 is 1.59 bits per heavy atom. The number of aromatic nitrogens is 1. The number of ether oxygens (including phenoxy) is 1. The minimum atomic E-state index is -0.0338. The summed E-state index contributed by atoms with van der Waals surface area (Å²) in [6.07, 6.45) is 1.64. The first-order chi connectivity index (χ1) is 8.20. The van der Waals surface area contributed by atoms with Gasteiger partial charge in [-0.3, -0.25) is 5.41 Å². The van der Waals surface area contributed by atoms with Crippen molar-refractivity contribution in [2.45, 2.75) is 0 Å². The number of hydrogen-bond donors (Lipinski definition) is 3. The molecule has 1 rings (SSSR count). The second-order valence-corrected chi connectivity index (χ2v) is 3.49. The van der Waals surface area contributed by atoms with Gasteiger partial charge in [-0.05, 0) is 12.1 Å². The fraction of sp³-hybridized carbons (Fsp3) is 0.455. The van der Waals surface area contributed by atoms with Crippen LogP contribution >= 0.6 is 0 Å². The summed E-state index contributed by atoms with van der Waals surface area (Å²) in [5.74, 6) is 0.569. The van der Waals surface area contributed by atoms with Crippen molar-refractivity contribution in [1.29, 1.82) is 5.41 Å². The van der Waals surface area contributed by atoms with Crippen LogP contribution in [0.2, 0.25) is 0 Å². The highest BCUT2D eigenvalue weighted by Crippen LogP contribution is 2.15. The number of pyridine rings is 1. The van der Waals surface area contributed by atoms with Gasteiger partial charge in [0.25, 0.3) is 0 Å². The van der Waals surface area contributed by atoms with Crippen LogP contribution in [0.4, 0.5) is 5.82 Å². The first-order valence-electron chi connectivity index (χ1n) is 5.35. The molecule has 0 spiro atoms. The van der Waals surface area contributed by atoms with E-state index >= 15 is 0 Å². The van der Waals surface area contributed by atoms with E-state index in [9.17, 15) is 0 Å². The van der Waals surface area contributed by atoms with Gasteiger partial charge in [-0.25, -0.2) is 4.98 Å². The van der Waals surface area contributed by atoms with E-state index in [-0.39, 0.29) is 12.4 Å². The monoisotopic (exact) mass is 238 g/mol. The van der Waals surface area contributed by atoms with Crippen LogP contribution in [-0.4, -0.2) is 49.3 Å². The summed E-state index contributed by atoms with van der Waals surface area (Å²) in [6, 6.07) is 3.47. The smallest absolute Gasteiger partial charge is 0.139 e. The SMILES string of the molecule is COCCN(CCO)c1ncccc1C(=N)N. The number of nitrogens with zero attached hydrogens (tertiary/aromatic N) is 2. The van der Waals surface area contributed by atoms with Crippen LogP contribution in [0.25, 0.3) is 0 Å². The number of methoxy groups -OCH3 is 1. The van der Waals surface area contributed by atoms with Crippen LogP contribution in [0.15, 0.2) is 18.3 Å². The molecule has 6 nitrogen and oxygen atoms in total. The number of nitrogens with one attached hydrogen (secondary N) is 1. The van der Waals surface area contributed by atoms with Gasteiger partial charge in [-0.15, -0.1) is 0 Å². The lowest BCUT2D eigenvalue weighted by atomic mass is 10.2. The second kappa shape index (κ2) is 6.82. The molecule has 0 atom stereocenters. The maximum atomic E-state index is 9.03. The first kappa shape index (κ1) is 13.4. The van der Waals surface area contributed by atoms with Crippen LogP contribution < -0.4 is 10.6 Å². The van der Waals surface area contributed by atoms with Crippen molar-refractivity contribution >= 4 is 11.7 Å². The predicted molar refractivity (Wildman–Crippen MR) is 66.4 cm³/mol. The second-order valence-electron chi connectivity index (χ2n) is 3.49. The van der Waals surface area contributed by atoms with Crippen molar-refractivity contribution in [3.05, 3.63) is 23.9 Å². The lowest BCUT2D eigenvalue weighted by Gasteiger charge is -2.24. The largest absolute Gasteiger partial charge is 0.395 e. The number of hydrogen-bond acceptors (Lipinski definition) is 5. The third-order valence-electron chi connectivity index (χ3n) is 2.31. The van der Waals surface area contributed by atoms with Crippen molar-refractivity contribution < 1.29 is 9.84 Å². The summed E-state index contributed by atoms with van der Waals surface area (Å²) < 4.78 is 5.00. The summed E-state index contributed by atoms with van der Waals surface area (Å²) in [4.78, 5) is 6.06. The minimum absolute atomic E-state index is 0.0115. The van der Waals surface area contributed by atoms with E-state index < -0.39 is 0 Å². The Labute approximate surface area is 101 Å². The fourth-order valence-corrected chi connectivity index (χ4v) is 1.50. The number of aliphatic hydroxyl groups excluding tert-OH is 1. The summed E-state index contributed by atoms with van der Waals surface area (Å²) >= 11 is 0. The zero-order chi connectivity index (χ0) is 12.7. The molecular formula is C11H18N4O2. The Morgan fingerprint density at radius 3 is 2.94 bits per heavy atom. The molecule has 17 heavy (non-hydrogen) atoms. The maximum Gasteiger partial charge on any atom is 0.139 e. The number of nitrogens with two attached hydrogens (primary N) is 1. The van der Waals surface area contributed by atoms with E-state index in [2.05, 4.69) is 4.98 Å². The molecule has 0 aromatic carbocycles. The molecule has 0 radical (unpaired) electrons. The normalized spacial score (nSPS) is 10.2. The number of rotatable bonds is 7. The summed E-state index contributed by atoms with van der Waals surface area (Å²) in [7, 11) is 1.61. The van der Waals surface area contributed by atoms with E-state index in [1.165, 1.54) is 0 Å². The summed E-state index contributed by atoms with van der Waals surface area (Å²) in [5, 5.41) is 16.5. The highest BCUT2D eigenvalue weighted by molar-refractivity contribution is 5.99. The van der Waals surface area contributed by atoms with E-state index in [1.54, 1.807) is 25.4 Å². The van der Waals surface area contributed by atoms with Gasteiger partial charge >= 0.3 is 0 Å². The van der Waals surface area contributed by atoms with E-state index in [0.29, 0.717) is 31.1 Å². The van der Waals surface area contributed by atoms with Gasteiger partial charge in [0, 0.05) is 26.4 Å². The average molecular weight is 238 g/mol. The molecule has 0 saturated heterocycles. The molecule has 0 aliphatic carbocycles. The van der Waals surface area contributed by atoms with Crippen LogP contribution in [-0.2, 0) is 4.74 Å². The molecule has 4 N–H and O–H groups in total. The third-order valence-corrected chi connectivity index (χ3v) is 2.31. The van der Waals surface area contributed by atoms with Crippen molar-refractivity contribution in [3.8, 4) is 0 Å². The van der Waals surface area contributed by atoms with Crippen molar-refractivity contribution in [2.75, 3.05) is 38.3 Å². The third kappa shape index (κ3) is 3.69. The Morgan fingerprint density at radius 2 is 2.35 bits per heavy atom. The molecule has 0 aliphatic heterocycles. The summed E-state index contributed by atoms with van der Waals surface area (Å²) in [6.45, 7) is 1.56. The van der Waals surface area contributed by atoms with Crippen LogP contribution in [0.5, 0.6) is 0 Å². The fourth-order valence-electron chi connectivity index (χ4n) is 1.50. The number of aliphatic hydroxyl groups is 1. The standard InChI is InChI=1S/C11H18N4O2/c1-17-8-6-15(5-7-16)11-9(10(12)13)3-2-4-14-11/h2-4,16H,5-8H2,1H3,(H3,12,13). The molecule has 0 saturated carbocycles. The Balaban J connectivity index is 2.95. The molecule has 0 unspecified atom stereocenters. The van der Waals surface area contributed by atoms with Crippen molar-refractivity contribution in [3.63, 3.8) is 0 Å². The highest BCUT2D eigenvalue weighted by Gasteiger charge is 2.13. The van der Waals surface area contributed by atoms with Crippen molar-refractivity contribution in [1.82, 2.24) is 4.98 Å². The quantitative estimate of drug-likeness (QED) is 0.452. The molecule has 0 amide bonds. The Hall–Kier alpha value is -1.66. The average Bonchev–Trinajstić information content (AvgIpc) is 2.34. The topological polar surface area (TPSA) is 95.5 Å². The van der Waals surface area contributed by atoms with Gasteiger partial charge in [0.1, 0.15) is 11.7 Å². The number of anilines is 1. The van der Waals surface area contributed by atoms with Gasteiger partial charge in [-0.2, -0.15) is 0 Å². The molecule has 94 valence electrons. The minimum Gasteiger partial charge on any atom is -0.395 e. The maximum absolute atomic E-state index is 9.03. The van der Waals surface area contributed by atoms with Crippen LogP contribution in [0, 0.1) is 5.41 Å². The molecule has 0 bridgehead atoms. The van der Waals surface area contributed by atoms with Gasteiger partial charge in [-0.1, -0.05) is 0 Å². The molecule has 1 aromatic rings. The van der Waals surface area contributed by atoms with E-state index in [4.69, 9.17) is 21.0 Å². The lowest BCUT2D eigenvalue weighted by Crippen LogP contribution is -2.33. The molecule has 1 aromatic heterocycles. The molecule has 0 aliphatic rings. The summed E-state index contributed by atoms with van der Waals surface area (Å²) in [5.41, 5.74) is 6.07. The Kier molecular flexibility index (Phi) is 5.38. The van der Waals surface area contributed by atoms with E-state index in [0.717, 1.165) is 0 Å². The molecular weight excluding hydrogens is 220 g/mol. The predicted octanol–water partition coefficient (Wildman–Crippen LogP) is -0.189. The Bertz CT molecular complexity index is 370. The van der Waals surface area contributed by atoms with Gasteiger partial charge in [0.05, 0.1) is 18.8 Å². The number of amidine groups is 1.